The molecule has 0 N–H and O–H groups in total. The highest BCUT2D eigenvalue weighted by Crippen LogP contribution is 1.98. The van der Waals surface area contributed by atoms with Crippen molar-refractivity contribution in [2.75, 3.05) is 26.3 Å². The predicted molar refractivity (Wildman–Crippen MR) is 82.9 cm³/mol. The van der Waals surface area contributed by atoms with E-state index in [1.807, 2.05) is 13.0 Å². The highest BCUT2D eigenvalue weighted by Gasteiger charge is 2.13. The molecule has 0 aliphatic rings. The van der Waals surface area contributed by atoms with E-state index >= 15 is 0 Å². The van der Waals surface area contributed by atoms with Gasteiger partial charge in [0, 0.05) is 18.6 Å². The van der Waals surface area contributed by atoms with Gasteiger partial charge < -0.3 is 14.4 Å². The molecule has 1 amide bonds. The van der Waals surface area contributed by atoms with Gasteiger partial charge in [0.15, 0.2) is 0 Å². The van der Waals surface area contributed by atoms with Gasteiger partial charge in [0.05, 0.1) is 13.1 Å². The molecule has 0 radical (unpaired) electrons. The second-order valence-corrected chi connectivity index (χ2v) is 4.21. The SMILES string of the molecule is C=CC(=O)OCCN(CCOC(=O)C=C)C(=O)C/C=C\CC. The third-order valence-electron chi connectivity index (χ3n) is 2.59. The molecule has 0 unspecified atom stereocenters. The monoisotopic (exact) mass is 309 g/mol. The minimum absolute atomic E-state index is 0.0590. The normalized spacial score (nSPS) is 10.0. The molecule has 0 rings (SSSR count). The van der Waals surface area contributed by atoms with Gasteiger partial charge in [-0.2, -0.15) is 0 Å². The summed E-state index contributed by atoms with van der Waals surface area (Å²) in [5.41, 5.74) is 0. The zero-order valence-electron chi connectivity index (χ0n) is 13.0. The van der Waals surface area contributed by atoms with Crippen LogP contribution in [0.2, 0.25) is 0 Å². The zero-order valence-corrected chi connectivity index (χ0v) is 13.0. The van der Waals surface area contributed by atoms with Crippen LogP contribution in [-0.2, 0) is 23.9 Å². The lowest BCUT2D eigenvalue weighted by atomic mass is 10.3. The number of amides is 1. The van der Waals surface area contributed by atoms with Gasteiger partial charge in [0.2, 0.25) is 5.91 Å². The molecule has 0 bridgehead atoms. The maximum atomic E-state index is 12.1. The first-order valence-electron chi connectivity index (χ1n) is 7.06. The van der Waals surface area contributed by atoms with Crippen molar-refractivity contribution < 1.29 is 23.9 Å². The molecule has 0 aromatic carbocycles. The fourth-order valence-corrected chi connectivity index (χ4v) is 1.47. The van der Waals surface area contributed by atoms with Gasteiger partial charge >= 0.3 is 11.9 Å². The van der Waals surface area contributed by atoms with Gasteiger partial charge in [0.25, 0.3) is 0 Å². The summed E-state index contributed by atoms with van der Waals surface area (Å²) in [6, 6.07) is 0. The Kier molecular flexibility index (Phi) is 11.0. The van der Waals surface area contributed by atoms with Gasteiger partial charge in [0.1, 0.15) is 13.2 Å². The summed E-state index contributed by atoms with van der Waals surface area (Å²) in [6.45, 7) is 9.13. The molecule has 0 saturated carbocycles. The topological polar surface area (TPSA) is 72.9 Å². The fraction of sp³-hybridized carbons (Fsp3) is 0.438. The van der Waals surface area contributed by atoms with Crippen molar-refractivity contribution in [2.45, 2.75) is 19.8 Å². The first-order valence-corrected chi connectivity index (χ1v) is 7.06. The van der Waals surface area contributed by atoms with Crippen LogP contribution in [0.4, 0.5) is 0 Å². The summed E-state index contributed by atoms with van der Waals surface area (Å²) < 4.78 is 9.71. The Hall–Kier alpha value is -2.37. The second kappa shape index (κ2) is 12.4. The molecule has 22 heavy (non-hydrogen) atoms. The Labute approximate surface area is 131 Å². The van der Waals surface area contributed by atoms with Crippen molar-refractivity contribution in [3.05, 3.63) is 37.5 Å². The Balaban J connectivity index is 4.40. The van der Waals surface area contributed by atoms with E-state index in [2.05, 4.69) is 13.2 Å². The highest BCUT2D eigenvalue weighted by molar-refractivity contribution is 5.81. The van der Waals surface area contributed by atoms with Crippen molar-refractivity contribution in [3.63, 3.8) is 0 Å². The van der Waals surface area contributed by atoms with Crippen molar-refractivity contribution in [2.24, 2.45) is 0 Å². The summed E-state index contributed by atoms with van der Waals surface area (Å²) in [5, 5.41) is 0. The summed E-state index contributed by atoms with van der Waals surface area (Å²) in [6.07, 6.45) is 6.89. The molecule has 0 heterocycles. The van der Waals surface area contributed by atoms with E-state index in [4.69, 9.17) is 9.47 Å². The molecule has 0 saturated heterocycles. The summed E-state index contributed by atoms with van der Waals surface area (Å²) in [5.74, 6) is -1.22. The van der Waals surface area contributed by atoms with Crippen molar-refractivity contribution in [1.29, 1.82) is 0 Å². The van der Waals surface area contributed by atoms with E-state index in [1.54, 1.807) is 6.08 Å². The summed E-state index contributed by atoms with van der Waals surface area (Å²) in [4.78, 5) is 35.5. The fourth-order valence-electron chi connectivity index (χ4n) is 1.47. The quantitative estimate of drug-likeness (QED) is 0.329. The minimum Gasteiger partial charge on any atom is -0.461 e. The Morgan fingerprint density at radius 1 is 0.955 bits per heavy atom. The van der Waals surface area contributed by atoms with Crippen LogP contribution in [0.5, 0.6) is 0 Å². The van der Waals surface area contributed by atoms with E-state index in [9.17, 15) is 14.4 Å². The minimum atomic E-state index is -0.545. The van der Waals surface area contributed by atoms with E-state index in [1.165, 1.54) is 4.90 Å². The Bertz CT molecular complexity index is 402. The molecule has 6 nitrogen and oxygen atoms in total. The number of esters is 2. The third-order valence-corrected chi connectivity index (χ3v) is 2.59. The van der Waals surface area contributed by atoms with Crippen LogP contribution in [-0.4, -0.2) is 49.0 Å². The van der Waals surface area contributed by atoms with Crippen LogP contribution in [0.25, 0.3) is 0 Å². The number of carbonyl (C=O) groups is 3. The lowest BCUT2D eigenvalue weighted by molar-refractivity contribution is -0.142. The van der Waals surface area contributed by atoms with Crippen molar-refractivity contribution in [1.82, 2.24) is 4.90 Å². The smallest absolute Gasteiger partial charge is 0.330 e. The molecule has 0 aromatic heterocycles. The van der Waals surface area contributed by atoms with Gasteiger partial charge in [-0.25, -0.2) is 9.59 Å². The van der Waals surface area contributed by atoms with Crippen LogP contribution in [0.3, 0.4) is 0 Å². The highest BCUT2D eigenvalue weighted by atomic mass is 16.5. The van der Waals surface area contributed by atoms with Crippen LogP contribution in [0, 0.1) is 0 Å². The largest absolute Gasteiger partial charge is 0.461 e. The molecule has 6 heteroatoms. The van der Waals surface area contributed by atoms with Gasteiger partial charge in [-0.3, -0.25) is 4.79 Å². The van der Waals surface area contributed by atoms with E-state index < -0.39 is 11.9 Å². The standard InChI is InChI=1S/C16H23NO5/c1-4-7-8-9-14(18)17(10-12-21-15(19)5-2)11-13-22-16(20)6-3/h5-8H,2-4,9-13H2,1H3/b8-7-. The number of ether oxygens (including phenoxy) is 2. The Morgan fingerprint density at radius 2 is 1.45 bits per heavy atom. The second-order valence-electron chi connectivity index (χ2n) is 4.21. The zero-order chi connectivity index (χ0) is 16.8. The molecule has 0 aliphatic carbocycles. The van der Waals surface area contributed by atoms with Crippen LogP contribution in [0.1, 0.15) is 19.8 Å². The van der Waals surface area contributed by atoms with E-state index in [0.717, 1.165) is 18.6 Å². The van der Waals surface area contributed by atoms with Crippen LogP contribution < -0.4 is 0 Å². The average Bonchev–Trinajstić information content (AvgIpc) is 2.52. The number of hydrogen-bond donors (Lipinski definition) is 0. The molecule has 0 spiro atoms. The molecular formula is C16H23NO5. The van der Waals surface area contributed by atoms with Gasteiger partial charge in [-0.15, -0.1) is 0 Å². The number of hydrogen-bond acceptors (Lipinski definition) is 5. The molecule has 122 valence electrons. The maximum absolute atomic E-state index is 12.1. The van der Waals surface area contributed by atoms with E-state index in [-0.39, 0.29) is 38.6 Å². The van der Waals surface area contributed by atoms with Crippen molar-refractivity contribution in [3.8, 4) is 0 Å². The van der Waals surface area contributed by atoms with Crippen LogP contribution in [0.15, 0.2) is 37.5 Å². The number of nitrogens with zero attached hydrogens (tertiary/aromatic N) is 1. The molecule has 0 aliphatic heterocycles. The van der Waals surface area contributed by atoms with Gasteiger partial charge in [-0.05, 0) is 6.42 Å². The van der Waals surface area contributed by atoms with Gasteiger partial charge in [-0.1, -0.05) is 32.2 Å². The molecule has 0 atom stereocenters. The number of allylic oxidation sites excluding steroid dienone is 1. The lowest BCUT2D eigenvalue weighted by Gasteiger charge is -2.21. The van der Waals surface area contributed by atoms with E-state index in [0.29, 0.717) is 0 Å². The Morgan fingerprint density at radius 3 is 1.86 bits per heavy atom. The van der Waals surface area contributed by atoms with Crippen molar-refractivity contribution >= 4 is 17.8 Å². The summed E-state index contributed by atoms with van der Waals surface area (Å²) in [7, 11) is 0. The number of carbonyl (C=O) groups excluding carboxylic acids is 3. The number of rotatable bonds is 11. The maximum Gasteiger partial charge on any atom is 0.330 e. The third kappa shape index (κ3) is 9.52. The predicted octanol–water partition coefficient (Wildman–Crippen LogP) is 1.63. The first kappa shape index (κ1) is 19.6. The average molecular weight is 309 g/mol. The molecular weight excluding hydrogens is 286 g/mol. The molecule has 0 aromatic rings. The first-order chi connectivity index (χ1) is 10.5. The lowest BCUT2D eigenvalue weighted by Crippen LogP contribution is -2.37. The van der Waals surface area contributed by atoms with Crippen LogP contribution >= 0.6 is 0 Å². The molecule has 0 fully saturated rings. The summed E-state index contributed by atoms with van der Waals surface area (Å²) >= 11 is 0.